The van der Waals surface area contributed by atoms with Gasteiger partial charge in [0.25, 0.3) is 11.8 Å². The summed E-state index contributed by atoms with van der Waals surface area (Å²) in [4.78, 5) is 56.2. The fraction of sp³-hybridized carbons (Fsp3) is 0.355. The molecule has 2 fully saturated rings. The van der Waals surface area contributed by atoms with Crippen LogP contribution in [0.15, 0.2) is 55.0 Å². The lowest BCUT2D eigenvalue weighted by molar-refractivity contribution is -0.193. The molecule has 2 aliphatic heterocycles. The smallest absolute Gasteiger partial charge is 0.458 e. The van der Waals surface area contributed by atoms with Crippen LogP contribution in [0.25, 0.3) is 0 Å². The van der Waals surface area contributed by atoms with Crippen molar-refractivity contribution >= 4 is 52.2 Å². The lowest BCUT2D eigenvalue weighted by Gasteiger charge is -2.26. The number of nitrogens with zero attached hydrogens (tertiary/aromatic N) is 3. The Morgan fingerprint density at radius 2 is 1.47 bits per heavy atom. The van der Waals surface area contributed by atoms with Crippen LogP contribution in [0, 0.1) is 0 Å². The fourth-order valence-corrected chi connectivity index (χ4v) is 4.95. The summed E-state index contributed by atoms with van der Waals surface area (Å²) < 4.78 is 73.3. The number of Topliss-reactive ketones (excluding diaryl/α,β-unsaturated/α-hetero) is 2. The highest BCUT2D eigenvalue weighted by molar-refractivity contribution is 6.41. The number of piperidine rings is 1. The van der Waals surface area contributed by atoms with Crippen LogP contribution >= 0.6 is 11.6 Å². The molecule has 0 aliphatic carbocycles. The van der Waals surface area contributed by atoms with Crippen molar-refractivity contribution in [2.75, 3.05) is 41.7 Å². The number of rotatable bonds is 8. The first-order chi connectivity index (χ1) is 23.1. The first-order valence-corrected chi connectivity index (χ1v) is 15.2. The Hall–Kier alpha value is -4.77. The Morgan fingerprint density at radius 3 is 2.06 bits per heavy atom. The standard InChI is InChI=1S/C27H29ClN6O3.C4F6O2/c28-18-3-6-25(31-16-18)33-26(35)21-9-12-30-17-23(21)32-27(36)22-5-4-19(34-13-1-2-14-34)15-24(22)37-20-7-10-29-11-8-20;5-3(6,7)1(11)2(12)4(8,9)10/h3-6,9,12,15-17,20,29H,1-2,7-8,10-11,13-14H2,(H,32,36)(H,31,33,35);. The van der Waals surface area contributed by atoms with Crippen LogP contribution in [0.4, 0.5) is 43.5 Å². The summed E-state index contributed by atoms with van der Waals surface area (Å²) >= 11 is 5.88. The van der Waals surface area contributed by atoms with Gasteiger partial charge in [0.2, 0.25) is 0 Å². The molecule has 0 unspecified atom stereocenters. The predicted octanol–water partition coefficient (Wildman–Crippen LogP) is 5.61. The molecule has 49 heavy (non-hydrogen) atoms. The number of alkyl halides is 6. The van der Waals surface area contributed by atoms with Crippen molar-refractivity contribution in [2.45, 2.75) is 44.1 Å². The third kappa shape index (κ3) is 10.4. The molecule has 3 aromatic rings. The second kappa shape index (κ2) is 16.1. The zero-order valence-corrected chi connectivity index (χ0v) is 26.2. The number of benzene rings is 1. The van der Waals surface area contributed by atoms with E-state index < -0.39 is 29.8 Å². The van der Waals surface area contributed by atoms with E-state index in [-0.39, 0.29) is 23.3 Å². The summed E-state index contributed by atoms with van der Waals surface area (Å²) in [5, 5.41) is 9.38. The van der Waals surface area contributed by atoms with Crippen molar-refractivity contribution < 1.29 is 50.3 Å². The summed E-state index contributed by atoms with van der Waals surface area (Å²) in [6, 6.07) is 10.5. The minimum atomic E-state index is -5.77. The summed E-state index contributed by atoms with van der Waals surface area (Å²) in [5.74, 6) is -6.72. The number of nitrogens with one attached hydrogen (secondary N) is 3. The first-order valence-electron chi connectivity index (χ1n) is 14.8. The Balaban J connectivity index is 0.000000386. The van der Waals surface area contributed by atoms with Crippen LogP contribution in [-0.2, 0) is 9.59 Å². The number of anilines is 3. The maximum absolute atomic E-state index is 13.5. The molecule has 0 atom stereocenters. The molecule has 262 valence electrons. The normalized spacial score (nSPS) is 15.1. The van der Waals surface area contributed by atoms with Crippen LogP contribution in [0.1, 0.15) is 46.4 Å². The highest BCUT2D eigenvalue weighted by Crippen LogP contribution is 2.31. The average Bonchev–Trinajstić information content (AvgIpc) is 3.61. The maximum Gasteiger partial charge on any atom is 0.458 e. The number of carbonyl (C=O) groups is 4. The quantitative estimate of drug-likeness (QED) is 0.200. The van der Waals surface area contributed by atoms with E-state index in [9.17, 15) is 45.5 Å². The molecule has 1 aromatic carbocycles. The zero-order chi connectivity index (χ0) is 35.8. The molecule has 11 nitrogen and oxygen atoms in total. The Kier molecular flexibility index (Phi) is 12.2. The Bertz CT molecular complexity index is 1640. The van der Waals surface area contributed by atoms with Crippen molar-refractivity contribution in [1.82, 2.24) is 15.3 Å². The lowest BCUT2D eigenvalue weighted by atomic mass is 10.1. The van der Waals surface area contributed by atoms with Crippen LogP contribution in [-0.4, -0.2) is 78.0 Å². The number of amides is 2. The number of aromatic nitrogens is 2. The Morgan fingerprint density at radius 1 is 0.837 bits per heavy atom. The van der Waals surface area contributed by atoms with Crippen molar-refractivity contribution in [3.05, 3.63) is 71.1 Å². The van der Waals surface area contributed by atoms with Gasteiger partial charge in [0.1, 0.15) is 17.7 Å². The van der Waals surface area contributed by atoms with E-state index in [1.54, 1.807) is 24.3 Å². The summed E-state index contributed by atoms with van der Waals surface area (Å²) in [5.41, 5.74) is 2.01. The van der Waals surface area contributed by atoms with E-state index in [1.807, 2.05) is 12.1 Å². The molecule has 2 saturated heterocycles. The molecule has 2 aliphatic rings. The minimum Gasteiger partial charge on any atom is -0.489 e. The van der Waals surface area contributed by atoms with Crippen LogP contribution in [0.2, 0.25) is 5.02 Å². The SMILES string of the molecule is O=C(C(=O)C(F)(F)F)C(F)(F)F.O=C(Nc1ccc(Cl)cn1)c1ccncc1NC(=O)c1ccc(N2CCCC2)cc1OC1CCNCC1. The van der Waals surface area contributed by atoms with Gasteiger partial charge >= 0.3 is 23.9 Å². The van der Waals surface area contributed by atoms with E-state index >= 15 is 0 Å². The molecule has 2 aromatic heterocycles. The molecule has 5 rings (SSSR count). The van der Waals surface area contributed by atoms with Gasteiger partial charge in [0.05, 0.1) is 28.0 Å². The highest BCUT2D eigenvalue weighted by atomic mass is 35.5. The van der Waals surface area contributed by atoms with Gasteiger partial charge in [-0.2, -0.15) is 26.3 Å². The van der Waals surface area contributed by atoms with Gasteiger partial charge in [0.15, 0.2) is 0 Å². The average molecular weight is 715 g/mol. The number of ketones is 2. The lowest BCUT2D eigenvalue weighted by Crippen LogP contribution is -2.39. The van der Waals surface area contributed by atoms with Crippen LogP contribution < -0.4 is 25.6 Å². The molecule has 0 bridgehead atoms. The topological polar surface area (TPSA) is 143 Å². The monoisotopic (exact) mass is 714 g/mol. The summed E-state index contributed by atoms with van der Waals surface area (Å²) in [6.45, 7) is 3.76. The highest BCUT2D eigenvalue weighted by Gasteiger charge is 2.54. The number of ether oxygens (including phenoxy) is 1. The van der Waals surface area contributed by atoms with Crippen LogP contribution in [0.5, 0.6) is 5.75 Å². The van der Waals surface area contributed by atoms with E-state index in [0.717, 1.165) is 57.5 Å². The third-order valence-electron chi connectivity index (χ3n) is 7.26. The van der Waals surface area contributed by atoms with Crippen molar-refractivity contribution in [2.24, 2.45) is 0 Å². The largest absolute Gasteiger partial charge is 0.489 e. The molecule has 2 amide bonds. The molecular formula is C31H29ClF6N6O5. The van der Waals surface area contributed by atoms with Crippen LogP contribution in [0.3, 0.4) is 0 Å². The summed E-state index contributed by atoms with van der Waals surface area (Å²) in [6.07, 6.45) is -3.05. The molecule has 3 N–H and O–H groups in total. The molecule has 0 radical (unpaired) electrons. The van der Waals surface area contributed by atoms with Gasteiger partial charge in [-0.25, -0.2) is 4.98 Å². The van der Waals surface area contributed by atoms with E-state index in [1.165, 1.54) is 18.6 Å². The minimum absolute atomic E-state index is 0.0354. The first kappa shape index (κ1) is 37.1. The molecule has 4 heterocycles. The molecule has 18 heteroatoms. The second-order valence-corrected chi connectivity index (χ2v) is 11.2. The Labute approximate surface area is 280 Å². The molecule has 0 spiro atoms. The van der Waals surface area contributed by atoms with Gasteiger partial charge in [-0.3, -0.25) is 24.2 Å². The number of halogens is 7. The summed E-state index contributed by atoms with van der Waals surface area (Å²) in [7, 11) is 0. The van der Waals surface area contributed by atoms with E-state index in [0.29, 0.717) is 22.2 Å². The van der Waals surface area contributed by atoms with Gasteiger partial charge in [-0.15, -0.1) is 0 Å². The van der Waals surface area contributed by atoms with Crippen molar-refractivity contribution in [1.29, 1.82) is 0 Å². The fourth-order valence-electron chi connectivity index (χ4n) is 4.83. The second-order valence-electron chi connectivity index (χ2n) is 10.8. The maximum atomic E-state index is 13.5. The number of hydrogen-bond donors (Lipinski definition) is 3. The number of carbonyl (C=O) groups excluding carboxylic acids is 4. The number of hydrogen-bond acceptors (Lipinski definition) is 9. The number of pyridine rings is 2. The van der Waals surface area contributed by atoms with Gasteiger partial charge in [-0.1, -0.05) is 11.6 Å². The zero-order valence-electron chi connectivity index (χ0n) is 25.5. The van der Waals surface area contributed by atoms with Gasteiger partial charge in [-0.05, 0) is 69.1 Å². The van der Waals surface area contributed by atoms with E-state index in [4.69, 9.17) is 16.3 Å². The van der Waals surface area contributed by atoms with Crippen molar-refractivity contribution in [3.63, 3.8) is 0 Å². The molecular weight excluding hydrogens is 686 g/mol. The van der Waals surface area contributed by atoms with E-state index in [2.05, 4.69) is 30.8 Å². The third-order valence-corrected chi connectivity index (χ3v) is 7.49. The van der Waals surface area contributed by atoms with Gasteiger partial charge in [0, 0.05) is 37.2 Å². The van der Waals surface area contributed by atoms with Crippen molar-refractivity contribution in [3.8, 4) is 5.75 Å². The predicted molar refractivity (Wildman–Crippen MR) is 166 cm³/mol. The van der Waals surface area contributed by atoms with Gasteiger partial charge < -0.3 is 25.6 Å². The molecule has 0 saturated carbocycles.